The zero-order valence-corrected chi connectivity index (χ0v) is 14.2. The van der Waals surface area contributed by atoms with Gasteiger partial charge < -0.3 is 9.15 Å². The molecule has 3 rings (SSSR count). The molecule has 0 N–H and O–H groups in total. The zero-order valence-electron chi connectivity index (χ0n) is 14.2. The van der Waals surface area contributed by atoms with Crippen LogP contribution in [0.1, 0.15) is 24.3 Å². The predicted octanol–water partition coefficient (Wildman–Crippen LogP) is 3.98. The lowest BCUT2D eigenvalue weighted by atomic mass is 10.1. The van der Waals surface area contributed by atoms with E-state index in [-0.39, 0.29) is 18.2 Å². The Hall–Kier alpha value is -3.02. The first-order valence-corrected chi connectivity index (χ1v) is 8.46. The number of hydrogen-bond donors (Lipinski definition) is 0. The summed E-state index contributed by atoms with van der Waals surface area (Å²) in [6, 6.07) is 9.86. The summed E-state index contributed by atoms with van der Waals surface area (Å²) >= 11 is 0. The Labute approximate surface area is 150 Å². The molecule has 5 nitrogen and oxygen atoms in total. The lowest BCUT2D eigenvalue weighted by Gasteiger charge is -2.04. The van der Waals surface area contributed by atoms with Crippen LogP contribution in [-0.2, 0) is 22.4 Å². The average Bonchev–Trinajstić information content (AvgIpc) is 3.14. The van der Waals surface area contributed by atoms with Crippen LogP contribution in [0.5, 0.6) is 0 Å². The highest BCUT2D eigenvalue weighted by molar-refractivity contribution is 5.69. The normalized spacial score (nSPS) is 10.7. The predicted molar refractivity (Wildman–Crippen MR) is 93.7 cm³/mol. The smallest absolute Gasteiger partial charge is 0.306 e. The van der Waals surface area contributed by atoms with Crippen molar-refractivity contribution in [3.8, 4) is 11.3 Å². The van der Waals surface area contributed by atoms with E-state index in [9.17, 15) is 9.18 Å². The van der Waals surface area contributed by atoms with Gasteiger partial charge in [-0.15, -0.1) is 0 Å². The number of aromatic nitrogens is 2. The van der Waals surface area contributed by atoms with Crippen molar-refractivity contribution in [3.63, 3.8) is 0 Å². The van der Waals surface area contributed by atoms with Crippen molar-refractivity contribution in [1.29, 1.82) is 0 Å². The van der Waals surface area contributed by atoms with E-state index in [4.69, 9.17) is 9.15 Å². The third-order valence-electron chi connectivity index (χ3n) is 3.85. The summed E-state index contributed by atoms with van der Waals surface area (Å²) in [4.78, 5) is 19.9. The van der Waals surface area contributed by atoms with Crippen molar-refractivity contribution in [2.24, 2.45) is 0 Å². The fourth-order valence-corrected chi connectivity index (χ4v) is 2.47. The van der Waals surface area contributed by atoms with Gasteiger partial charge in [0.2, 0.25) is 0 Å². The van der Waals surface area contributed by atoms with Crippen LogP contribution in [0.4, 0.5) is 4.39 Å². The molecule has 0 fully saturated rings. The van der Waals surface area contributed by atoms with Crippen LogP contribution in [0.2, 0.25) is 0 Å². The maximum Gasteiger partial charge on any atom is 0.306 e. The Bertz CT molecular complexity index is 832. The lowest BCUT2D eigenvalue weighted by Crippen LogP contribution is -2.07. The zero-order chi connectivity index (χ0) is 18.2. The van der Waals surface area contributed by atoms with Gasteiger partial charge in [-0.05, 0) is 54.8 Å². The highest BCUT2D eigenvalue weighted by Crippen LogP contribution is 2.21. The van der Waals surface area contributed by atoms with Gasteiger partial charge in [0.15, 0.2) is 11.7 Å². The van der Waals surface area contributed by atoms with Crippen molar-refractivity contribution in [3.05, 3.63) is 72.3 Å². The van der Waals surface area contributed by atoms with Crippen LogP contribution in [-0.4, -0.2) is 22.5 Å². The fourth-order valence-electron chi connectivity index (χ4n) is 2.47. The number of pyridine rings is 1. The number of nitrogens with zero attached hydrogens (tertiary/aromatic N) is 2. The molecule has 26 heavy (non-hydrogen) atoms. The van der Waals surface area contributed by atoms with Crippen LogP contribution in [0.3, 0.4) is 0 Å². The van der Waals surface area contributed by atoms with Gasteiger partial charge >= 0.3 is 5.97 Å². The molecule has 134 valence electrons. The summed E-state index contributed by atoms with van der Waals surface area (Å²) in [6.45, 7) is 0.383. The first-order chi connectivity index (χ1) is 12.7. The molecule has 1 aromatic carbocycles. The third-order valence-corrected chi connectivity index (χ3v) is 3.85. The minimum absolute atomic E-state index is 0.207. The molecular formula is C20H19FN2O3. The Balaban J connectivity index is 1.38. The summed E-state index contributed by atoms with van der Waals surface area (Å²) in [6.07, 6.45) is 7.25. The topological polar surface area (TPSA) is 65.2 Å². The summed E-state index contributed by atoms with van der Waals surface area (Å²) < 4.78 is 23.8. The second-order valence-corrected chi connectivity index (χ2v) is 5.80. The summed E-state index contributed by atoms with van der Waals surface area (Å²) in [5.41, 5.74) is 1.91. The summed E-state index contributed by atoms with van der Waals surface area (Å²) in [7, 11) is 0. The monoisotopic (exact) mass is 354 g/mol. The second kappa shape index (κ2) is 8.89. The third kappa shape index (κ3) is 5.24. The molecule has 0 unspecified atom stereocenters. The summed E-state index contributed by atoms with van der Waals surface area (Å²) in [5, 5.41) is 0. The van der Waals surface area contributed by atoms with E-state index in [1.807, 2.05) is 12.1 Å². The van der Waals surface area contributed by atoms with Crippen molar-refractivity contribution in [2.75, 3.05) is 6.61 Å². The number of oxazole rings is 1. The SMILES string of the molecule is O=C(CCc1ncc(-c2ccc(F)cc2)o1)OCCCc1ccncc1. The van der Waals surface area contributed by atoms with Crippen LogP contribution >= 0.6 is 0 Å². The van der Waals surface area contributed by atoms with Crippen LogP contribution < -0.4 is 0 Å². The lowest BCUT2D eigenvalue weighted by molar-refractivity contribution is -0.143. The molecule has 0 aliphatic rings. The first kappa shape index (κ1) is 17.8. The van der Waals surface area contributed by atoms with Crippen molar-refractivity contribution in [2.45, 2.75) is 25.7 Å². The van der Waals surface area contributed by atoms with Gasteiger partial charge in [0.05, 0.1) is 19.2 Å². The minimum atomic E-state index is -0.305. The van der Waals surface area contributed by atoms with Gasteiger partial charge in [0.25, 0.3) is 0 Å². The van der Waals surface area contributed by atoms with Crippen molar-refractivity contribution >= 4 is 5.97 Å². The maximum atomic E-state index is 12.9. The van der Waals surface area contributed by atoms with E-state index in [0.717, 1.165) is 18.4 Å². The molecule has 6 heteroatoms. The molecule has 0 spiro atoms. The molecule has 0 radical (unpaired) electrons. The Morgan fingerprint density at radius 1 is 1.08 bits per heavy atom. The molecule has 2 heterocycles. The maximum absolute atomic E-state index is 12.9. The summed E-state index contributed by atoms with van der Waals surface area (Å²) in [5.74, 6) is 0.421. The van der Waals surface area contributed by atoms with Gasteiger partial charge in [-0.3, -0.25) is 9.78 Å². The van der Waals surface area contributed by atoms with E-state index in [1.54, 1.807) is 30.7 Å². The number of esters is 1. The number of hydrogen-bond acceptors (Lipinski definition) is 5. The highest BCUT2D eigenvalue weighted by Gasteiger charge is 2.10. The molecule has 0 atom stereocenters. The van der Waals surface area contributed by atoms with E-state index in [0.29, 0.717) is 24.7 Å². The molecule has 0 saturated carbocycles. The van der Waals surface area contributed by atoms with Crippen LogP contribution in [0.25, 0.3) is 11.3 Å². The van der Waals surface area contributed by atoms with Gasteiger partial charge in [0.1, 0.15) is 5.82 Å². The van der Waals surface area contributed by atoms with E-state index >= 15 is 0 Å². The minimum Gasteiger partial charge on any atom is -0.466 e. The Kier molecular flexibility index (Phi) is 6.09. The highest BCUT2D eigenvalue weighted by atomic mass is 19.1. The fraction of sp³-hybridized carbons (Fsp3) is 0.250. The van der Waals surface area contributed by atoms with Crippen molar-refractivity contribution in [1.82, 2.24) is 9.97 Å². The molecule has 0 aliphatic heterocycles. The standard InChI is InChI=1S/C20H19FN2O3/c21-17-5-3-16(4-6-17)18-14-23-19(26-18)7-8-20(24)25-13-1-2-15-9-11-22-12-10-15/h3-6,9-12,14H,1-2,7-8,13H2. The second-order valence-electron chi connectivity index (χ2n) is 5.80. The van der Waals surface area contributed by atoms with Crippen molar-refractivity contribution < 1.29 is 18.3 Å². The molecule has 3 aromatic rings. The number of rotatable bonds is 8. The first-order valence-electron chi connectivity index (χ1n) is 8.46. The van der Waals surface area contributed by atoms with Gasteiger partial charge in [-0.1, -0.05) is 0 Å². The average molecular weight is 354 g/mol. The molecule has 0 saturated heterocycles. The van der Waals surface area contributed by atoms with Crippen LogP contribution in [0.15, 0.2) is 59.4 Å². The molecular weight excluding hydrogens is 335 g/mol. The number of aryl methyl sites for hydroxylation is 2. The van der Waals surface area contributed by atoms with Crippen LogP contribution in [0, 0.1) is 5.82 Å². The largest absolute Gasteiger partial charge is 0.466 e. The molecule has 2 aromatic heterocycles. The molecule has 0 amide bonds. The number of carbonyl (C=O) groups excluding carboxylic acids is 1. The number of benzene rings is 1. The van der Waals surface area contributed by atoms with E-state index in [2.05, 4.69) is 9.97 Å². The number of ether oxygens (including phenoxy) is 1. The van der Waals surface area contributed by atoms with Gasteiger partial charge in [-0.2, -0.15) is 0 Å². The quantitative estimate of drug-likeness (QED) is 0.452. The van der Waals surface area contributed by atoms with Gasteiger partial charge in [-0.25, -0.2) is 9.37 Å². The number of halogens is 1. The van der Waals surface area contributed by atoms with E-state index < -0.39 is 0 Å². The van der Waals surface area contributed by atoms with E-state index in [1.165, 1.54) is 17.7 Å². The Morgan fingerprint density at radius 3 is 2.62 bits per heavy atom. The number of carbonyl (C=O) groups is 1. The molecule has 0 aliphatic carbocycles. The Morgan fingerprint density at radius 2 is 1.85 bits per heavy atom. The molecule has 0 bridgehead atoms. The van der Waals surface area contributed by atoms with Gasteiger partial charge in [0, 0.05) is 24.4 Å².